The molecule has 0 bridgehead atoms. The molecule has 1 aliphatic rings. The molecule has 5 nitrogen and oxygen atoms in total. The van der Waals surface area contributed by atoms with Gasteiger partial charge in [-0.1, -0.05) is 6.07 Å². The molecule has 5 heteroatoms. The first-order valence-electron chi connectivity index (χ1n) is 5.58. The van der Waals surface area contributed by atoms with Gasteiger partial charge in [-0.15, -0.1) is 0 Å². The summed E-state index contributed by atoms with van der Waals surface area (Å²) in [6.07, 6.45) is 1.80. The van der Waals surface area contributed by atoms with Crippen LogP contribution in [0.3, 0.4) is 0 Å². The minimum Gasteiger partial charge on any atom is -0.336 e. The average molecular weight is 230 g/mol. The predicted octanol–water partition coefficient (Wildman–Crippen LogP) is 1.27. The fourth-order valence-corrected chi connectivity index (χ4v) is 2.29. The zero-order chi connectivity index (χ0) is 12.0. The molecule has 0 spiro atoms. The molecular weight excluding hydrogens is 216 g/mol. The van der Waals surface area contributed by atoms with Crippen LogP contribution in [-0.2, 0) is 7.05 Å². The first-order valence-corrected chi connectivity index (χ1v) is 5.58. The van der Waals surface area contributed by atoms with Gasteiger partial charge in [-0.05, 0) is 17.7 Å². The van der Waals surface area contributed by atoms with Crippen molar-refractivity contribution in [1.82, 2.24) is 19.8 Å². The van der Waals surface area contributed by atoms with Crippen molar-refractivity contribution >= 4 is 17.1 Å². The number of amides is 2. The van der Waals surface area contributed by atoms with E-state index in [0.29, 0.717) is 6.54 Å². The highest BCUT2D eigenvalue weighted by Gasteiger charge is 2.28. The molecule has 1 aliphatic heterocycles. The van der Waals surface area contributed by atoms with Crippen LogP contribution >= 0.6 is 0 Å². The second-order valence-corrected chi connectivity index (χ2v) is 4.42. The molecule has 88 valence electrons. The third-order valence-corrected chi connectivity index (χ3v) is 3.37. The summed E-state index contributed by atoms with van der Waals surface area (Å²) in [4.78, 5) is 17.5. The van der Waals surface area contributed by atoms with Crippen molar-refractivity contribution in [3.63, 3.8) is 0 Å². The van der Waals surface area contributed by atoms with Gasteiger partial charge in [-0.3, -0.25) is 0 Å². The Morgan fingerprint density at radius 2 is 2.24 bits per heavy atom. The molecule has 1 fully saturated rings. The van der Waals surface area contributed by atoms with E-state index in [1.807, 2.05) is 24.7 Å². The second-order valence-electron chi connectivity index (χ2n) is 4.42. The van der Waals surface area contributed by atoms with Gasteiger partial charge in [0.1, 0.15) is 0 Å². The topological polar surface area (TPSA) is 50.2 Å². The van der Waals surface area contributed by atoms with E-state index in [1.54, 1.807) is 11.2 Å². The highest BCUT2D eigenvalue weighted by atomic mass is 16.2. The Bertz CT molecular complexity index is 589. The standard InChI is InChI=1S/C12H14N4O/c1-15-7-14-9-5-8(3-4-10(9)15)11-6-13-12(17)16(11)2/h3-5,7,11H,6H2,1-2H3,(H,13,17). The van der Waals surface area contributed by atoms with E-state index < -0.39 is 0 Å². The summed E-state index contributed by atoms with van der Waals surface area (Å²) in [5, 5.41) is 2.83. The maximum absolute atomic E-state index is 11.4. The van der Waals surface area contributed by atoms with E-state index in [1.165, 1.54) is 0 Å². The number of carbonyl (C=O) groups excluding carboxylic acids is 1. The van der Waals surface area contributed by atoms with E-state index in [9.17, 15) is 4.79 Å². The molecule has 2 heterocycles. The Hall–Kier alpha value is -2.04. The van der Waals surface area contributed by atoms with Crippen LogP contribution in [0.4, 0.5) is 4.79 Å². The van der Waals surface area contributed by atoms with Gasteiger partial charge in [0.05, 0.1) is 23.4 Å². The average Bonchev–Trinajstić information content (AvgIpc) is 2.85. The lowest BCUT2D eigenvalue weighted by atomic mass is 10.1. The molecule has 2 amide bonds. The number of hydrogen-bond acceptors (Lipinski definition) is 2. The van der Waals surface area contributed by atoms with Gasteiger partial charge < -0.3 is 14.8 Å². The quantitative estimate of drug-likeness (QED) is 0.802. The third kappa shape index (κ3) is 1.46. The van der Waals surface area contributed by atoms with Gasteiger partial charge in [0, 0.05) is 20.6 Å². The molecule has 1 aromatic heterocycles. The third-order valence-electron chi connectivity index (χ3n) is 3.37. The molecule has 1 N–H and O–H groups in total. The zero-order valence-corrected chi connectivity index (χ0v) is 9.84. The van der Waals surface area contributed by atoms with Crippen LogP contribution in [0.2, 0.25) is 0 Å². The molecule has 0 radical (unpaired) electrons. The van der Waals surface area contributed by atoms with E-state index >= 15 is 0 Å². The molecule has 2 aromatic rings. The number of hydrogen-bond donors (Lipinski definition) is 1. The second kappa shape index (κ2) is 3.48. The van der Waals surface area contributed by atoms with E-state index in [-0.39, 0.29) is 12.1 Å². The molecule has 1 saturated heterocycles. The largest absolute Gasteiger partial charge is 0.336 e. The van der Waals surface area contributed by atoms with Crippen LogP contribution in [0.1, 0.15) is 11.6 Å². The number of aryl methyl sites for hydroxylation is 1. The Labute approximate surface area is 99.0 Å². The van der Waals surface area contributed by atoms with Gasteiger partial charge in [-0.2, -0.15) is 0 Å². The van der Waals surface area contributed by atoms with Gasteiger partial charge in [0.25, 0.3) is 0 Å². The smallest absolute Gasteiger partial charge is 0.317 e. The summed E-state index contributed by atoms with van der Waals surface area (Å²) in [5.74, 6) is 0. The number of urea groups is 1. The predicted molar refractivity (Wildman–Crippen MR) is 64.6 cm³/mol. The fraction of sp³-hybridized carbons (Fsp3) is 0.333. The lowest BCUT2D eigenvalue weighted by Gasteiger charge is -2.18. The maximum Gasteiger partial charge on any atom is 0.317 e. The van der Waals surface area contributed by atoms with Crippen molar-refractivity contribution in [2.24, 2.45) is 7.05 Å². The summed E-state index contributed by atoms with van der Waals surface area (Å²) in [6, 6.07) is 6.25. The number of benzene rings is 1. The Morgan fingerprint density at radius 1 is 1.41 bits per heavy atom. The summed E-state index contributed by atoms with van der Waals surface area (Å²) >= 11 is 0. The van der Waals surface area contributed by atoms with Crippen LogP contribution in [0, 0.1) is 0 Å². The SMILES string of the molecule is CN1C(=O)NCC1c1ccc2c(c1)ncn2C. The maximum atomic E-state index is 11.4. The van der Waals surface area contributed by atoms with E-state index in [2.05, 4.69) is 22.4 Å². The Balaban J connectivity index is 2.04. The number of fused-ring (bicyclic) bond motifs is 1. The molecule has 1 atom stereocenters. The number of nitrogens with zero attached hydrogens (tertiary/aromatic N) is 3. The fourth-order valence-electron chi connectivity index (χ4n) is 2.29. The molecule has 0 aliphatic carbocycles. The minimum atomic E-state index is -0.0175. The number of nitrogens with one attached hydrogen (secondary N) is 1. The number of likely N-dealkylation sites (N-methyl/N-ethyl adjacent to an activating group) is 1. The monoisotopic (exact) mass is 230 g/mol. The normalized spacial score (nSPS) is 20.0. The number of rotatable bonds is 1. The molecule has 1 aromatic carbocycles. The van der Waals surface area contributed by atoms with Crippen LogP contribution in [-0.4, -0.2) is 34.1 Å². The minimum absolute atomic E-state index is 0.0175. The molecule has 1 unspecified atom stereocenters. The van der Waals surface area contributed by atoms with E-state index in [4.69, 9.17) is 0 Å². The van der Waals surface area contributed by atoms with Gasteiger partial charge in [-0.25, -0.2) is 9.78 Å². The number of carbonyl (C=O) groups is 1. The highest BCUT2D eigenvalue weighted by molar-refractivity contribution is 5.79. The number of aromatic nitrogens is 2. The van der Waals surface area contributed by atoms with Crippen molar-refractivity contribution in [1.29, 1.82) is 0 Å². The van der Waals surface area contributed by atoms with Crippen LogP contribution < -0.4 is 5.32 Å². The Kier molecular flexibility index (Phi) is 2.07. The summed E-state index contributed by atoms with van der Waals surface area (Å²) < 4.78 is 1.99. The van der Waals surface area contributed by atoms with E-state index in [0.717, 1.165) is 16.6 Å². The number of imidazole rings is 1. The molecular formula is C12H14N4O. The van der Waals surface area contributed by atoms with Crippen molar-refractivity contribution in [3.8, 4) is 0 Å². The lowest BCUT2D eigenvalue weighted by molar-refractivity contribution is 0.217. The van der Waals surface area contributed by atoms with Crippen molar-refractivity contribution in [3.05, 3.63) is 30.1 Å². The molecule has 17 heavy (non-hydrogen) atoms. The zero-order valence-electron chi connectivity index (χ0n) is 9.84. The van der Waals surface area contributed by atoms with Gasteiger partial charge >= 0.3 is 6.03 Å². The van der Waals surface area contributed by atoms with Crippen molar-refractivity contribution in [2.75, 3.05) is 13.6 Å². The Morgan fingerprint density at radius 3 is 2.94 bits per heavy atom. The summed E-state index contributed by atoms with van der Waals surface area (Å²) in [5.41, 5.74) is 3.20. The van der Waals surface area contributed by atoms with Gasteiger partial charge in [0.2, 0.25) is 0 Å². The highest BCUT2D eigenvalue weighted by Crippen LogP contribution is 2.25. The summed E-state index contributed by atoms with van der Waals surface area (Å²) in [6.45, 7) is 0.660. The summed E-state index contributed by atoms with van der Waals surface area (Å²) in [7, 11) is 3.79. The lowest BCUT2D eigenvalue weighted by Crippen LogP contribution is -2.25. The first-order chi connectivity index (χ1) is 8.16. The van der Waals surface area contributed by atoms with Crippen LogP contribution in [0.5, 0.6) is 0 Å². The van der Waals surface area contributed by atoms with Crippen molar-refractivity contribution in [2.45, 2.75) is 6.04 Å². The molecule has 3 rings (SSSR count). The molecule has 0 saturated carbocycles. The van der Waals surface area contributed by atoms with Crippen LogP contribution in [0.15, 0.2) is 24.5 Å². The van der Waals surface area contributed by atoms with Gasteiger partial charge in [0.15, 0.2) is 0 Å². The first kappa shape index (κ1) is 10.1. The van der Waals surface area contributed by atoms with Crippen LogP contribution in [0.25, 0.3) is 11.0 Å². The van der Waals surface area contributed by atoms with Crippen molar-refractivity contribution < 1.29 is 4.79 Å².